The molecule has 17 heteroatoms. The number of alkyl carbamates (subject to hydrolysis) is 1. The van der Waals surface area contributed by atoms with Gasteiger partial charge in [-0.25, -0.2) is 4.79 Å². The van der Waals surface area contributed by atoms with Gasteiger partial charge in [-0.3, -0.25) is 29.4 Å². The molecule has 1 aliphatic rings. The molecule has 0 saturated carbocycles. The number of ether oxygens (including phenoxy) is 5. The predicted octanol–water partition coefficient (Wildman–Crippen LogP) is -0.0636. The summed E-state index contributed by atoms with van der Waals surface area (Å²) in [5, 5.41) is 30.5. The van der Waals surface area contributed by atoms with Crippen molar-refractivity contribution < 1.29 is 57.9 Å². The van der Waals surface area contributed by atoms with E-state index in [0.29, 0.717) is 32.6 Å². The van der Waals surface area contributed by atoms with Gasteiger partial charge < -0.3 is 49.8 Å². The fraction of sp³-hybridized carbons (Fsp3) is 0.788. The van der Waals surface area contributed by atoms with Gasteiger partial charge in [0.25, 0.3) is 11.8 Å². The van der Waals surface area contributed by atoms with Crippen LogP contribution in [0, 0.1) is 5.41 Å². The second kappa shape index (κ2) is 24.1. The molecule has 0 fully saturated rings. The highest BCUT2D eigenvalue weighted by molar-refractivity contribution is 6.13. The van der Waals surface area contributed by atoms with Crippen LogP contribution in [0.25, 0.3) is 0 Å². The van der Waals surface area contributed by atoms with Gasteiger partial charge in [0.2, 0.25) is 11.8 Å². The van der Waals surface area contributed by atoms with Crippen LogP contribution in [0.2, 0.25) is 0 Å². The Morgan fingerprint density at radius 1 is 0.820 bits per heavy atom. The van der Waals surface area contributed by atoms with Gasteiger partial charge in [-0.05, 0) is 32.6 Å². The number of imide groups is 1. The minimum Gasteiger partial charge on any atom is -0.444 e. The molecular weight excluding hydrogens is 658 g/mol. The summed E-state index contributed by atoms with van der Waals surface area (Å²) in [5.41, 5.74) is -0.663. The molecule has 3 atom stereocenters. The number of aliphatic hydroxyl groups is 2. The number of nitrogens with zero attached hydrogens (tertiary/aromatic N) is 1. The van der Waals surface area contributed by atoms with E-state index in [2.05, 4.69) is 21.3 Å². The number of amides is 5. The zero-order valence-electron chi connectivity index (χ0n) is 30.4. The van der Waals surface area contributed by atoms with Crippen LogP contribution in [-0.2, 0) is 42.9 Å². The molecule has 50 heavy (non-hydrogen) atoms. The molecule has 0 aromatic heterocycles. The standard InChI is InChI=1S/C33H59N5O12/c1-32(2,3)21-24(22-39)49-30(50-33(4,5)6)23-48-31(45)37-12-9-25(40)34-13-14-35-27(42)11-17-46-19-20-47-18-15-36-26(41)10-16-38-28(43)7-8-29(38)44/h7-8,24,27,30,35,39,42H,9-23H2,1-6H3,(H,34,40)(H,36,41)(H,37,45). The number of carbonyl (C=O) groups is 5. The summed E-state index contributed by atoms with van der Waals surface area (Å²) in [5.74, 6) is -1.43. The van der Waals surface area contributed by atoms with Gasteiger partial charge in [-0.15, -0.1) is 0 Å². The van der Waals surface area contributed by atoms with Gasteiger partial charge in [0.1, 0.15) is 12.8 Å². The Hall–Kier alpha value is -3.19. The Morgan fingerprint density at radius 2 is 1.44 bits per heavy atom. The summed E-state index contributed by atoms with van der Waals surface area (Å²) in [4.78, 5) is 60.0. The summed E-state index contributed by atoms with van der Waals surface area (Å²) in [7, 11) is 0. The van der Waals surface area contributed by atoms with E-state index in [1.165, 1.54) is 12.2 Å². The van der Waals surface area contributed by atoms with Gasteiger partial charge in [-0.1, -0.05) is 20.8 Å². The number of hydrogen-bond acceptors (Lipinski definition) is 13. The smallest absolute Gasteiger partial charge is 0.407 e. The quantitative estimate of drug-likeness (QED) is 0.0393. The SMILES string of the molecule is CC(C)(C)CC(CO)OC(COC(=O)NCCC(=O)NCCNC(O)CCOCCOCCNC(=O)CCN1C(=O)C=CC1=O)OC(C)(C)C. The van der Waals surface area contributed by atoms with Crippen molar-refractivity contribution in [3.8, 4) is 0 Å². The molecule has 0 radical (unpaired) electrons. The van der Waals surface area contributed by atoms with Crippen molar-refractivity contribution in [3.05, 3.63) is 12.2 Å². The van der Waals surface area contributed by atoms with Crippen molar-refractivity contribution in [2.45, 2.75) is 91.4 Å². The second-order valence-corrected chi connectivity index (χ2v) is 13.7. The number of nitrogens with one attached hydrogen (secondary N) is 4. The largest absolute Gasteiger partial charge is 0.444 e. The topological polar surface area (TPSA) is 223 Å². The molecule has 0 aliphatic carbocycles. The second-order valence-electron chi connectivity index (χ2n) is 13.7. The van der Waals surface area contributed by atoms with Crippen molar-refractivity contribution in [3.63, 3.8) is 0 Å². The fourth-order valence-electron chi connectivity index (χ4n) is 4.39. The summed E-state index contributed by atoms with van der Waals surface area (Å²) in [6.45, 7) is 13.3. The van der Waals surface area contributed by atoms with Gasteiger partial charge in [0.15, 0.2) is 6.29 Å². The van der Waals surface area contributed by atoms with Crippen LogP contribution < -0.4 is 21.3 Å². The van der Waals surface area contributed by atoms with Gasteiger partial charge in [0, 0.05) is 64.1 Å². The molecule has 0 spiro atoms. The molecule has 1 heterocycles. The zero-order valence-corrected chi connectivity index (χ0v) is 30.4. The van der Waals surface area contributed by atoms with Crippen molar-refractivity contribution in [2.75, 3.05) is 72.4 Å². The third kappa shape index (κ3) is 23.3. The van der Waals surface area contributed by atoms with Crippen LogP contribution in [0.3, 0.4) is 0 Å². The Labute approximate surface area is 295 Å². The highest BCUT2D eigenvalue weighted by Crippen LogP contribution is 2.24. The lowest BCUT2D eigenvalue weighted by atomic mass is 9.89. The first-order valence-corrected chi connectivity index (χ1v) is 17.0. The minimum absolute atomic E-state index is 0.0135. The molecular formula is C33H59N5O12. The first kappa shape index (κ1) is 44.8. The number of carbonyl (C=O) groups excluding carboxylic acids is 5. The van der Waals surface area contributed by atoms with Crippen molar-refractivity contribution >= 4 is 29.7 Å². The van der Waals surface area contributed by atoms with Crippen molar-refractivity contribution in [1.29, 1.82) is 0 Å². The minimum atomic E-state index is -0.884. The summed E-state index contributed by atoms with van der Waals surface area (Å²) in [6, 6.07) is 0. The Bertz CT molecular complexity index is 1060. The first-order valence-electron chi connectivity index (χ1n) is 17.0. The highest BCUT2D eigenvalue weighted by atomic mass is 16.7. The summed E-state index contributed by atoms with van der Waals surface area (Å²) < 4.78 is 27.8. The maximum Gasteiger partial charge on any atom is 0.407 e. The molecule has 1 rings (SSSR count). The zero-order chi connectivity index (χ0) is 37.6. The average molecular weight is 718 g/mol. The number of aliphatic hydroxyl groups excluding tert-OH is 2. The lowest BCUT2D eigenvalue weighted by Crippen LogP contribution is -2.40. The lowest BCUT2D eigenvalue weighted by molar-refractivity contribution is -0.236. The van der Waals surface area contributed by atoms with Crippen molar-refractivity contribution in [2.24, 2.45) is 5.41 Å². The molecule has 1 aliphatic heterocycles. The molecule has 0 saturated heterocycles. The molecule has 5 amide bonds. The van der Waals surface area contributed by atoms with Gasteiger partial charge in [0.05, 0.1) is 44.7 Å². The van der Waals surface area contributed by atoms with E-state index in [1.807, 2.05) is 41.5 Å². The van der Waals surface area contributed by atoms with Gasteiger partial charge >= 0.3 is 6.09 Å². The Kier molecular flexibility index (Phi) is 21.6. The third-order valence-corrected chi connectivity index (χ3v) is 6.61. The van der Waals surface area contributed by atoms with Gasteiger partial charge in [-0.2, -0.15) is 0 Å². The molecule has 17 nitrogen and oxygen atoms in total. The Balaban J connectivity index is 2.05. The molecule has 3 unspecified atom stereocenters. The maximum atomic E-state index is 12.2. The van der Waals surface area contributed by atoms with E-state index in [4.69, 9.17) is 23.7 Å². The first-order chi connectivity index (χ1) is 23.5. The van der Waals surface area contributed by atoms with Crippen LogP contribution in [0.4, 0.5) is 4.79 Å². The lowest BCUT2D eigenvalue weighted by Gasteiger charge is -2.32. The normalized spacial score (nSPS) is 15.2. The Morgan fingerprint density at radius 3 is 2.06 bits per heavy atom. The van der Waals surface area contributed by atoms with Crippen LogP contribution in [0.5, 0.6) is 0 Å². The third-order valence-electron chi connectivity index (χ3n) is 6.61. The molecule has 288 valence electrons. The predicted molar refractivity (Wildman–Crippen MR) is 181 cm³/mol. The van der Waals surface area contributed by atoms with Crippen LogP contribution in [0.1, 0.15) is 67.2 Å². The van der Waals surface area contributed by atoms with Crippen molar-refractivity contribution in [1.82, 2.24) is 26.2 Å². The van der Waals surface area contributed by atoms with Crippen LogP contribution in [-0.4, -0.2) is 141 Å². The molecule has 0 aromatic carbocycles. The molecule has 0 aromatic rings. The van der Waals surface area contributed by atoms with E-state index in [-0.39, 0.29) is 82.7 Å². The monoisotopic (exact) mass is 717 g/mol. The van der Waals surface area contributed by atoms with E-state index >= 15 is 0 Å². The van der Waals surface area contributed by atoms with Crippen LogP contribution >= 0.6 is 0 Å². The number of hydrogen-bond donors (Lipinski definition) is 6. The van der Waals surface area contributed by atoms with E-state index in [0.717, 1.165) is 4.90 Å². The average Bonchev–Trinajstić information content (AvgIpc) is 3.34. The molecule has 6 N–H and O–H groups in total. The number of rotatable bonds is 26. The highest BCUT2D eigenvalue weighted by Gasteiger charge is 2.27. The van der Waals surface area contributed by atoms with Crippen LogP contribution in [0.15, 0.2) is 12.2 Å². The molecule has 0 bridgehead atoms. The summed E-state index contributed by atoms with van der Waals surface area (Å²) >= 11 is 0. The van der Waals surface area contributed by atoms with E-state index in [9.17, 15) is 34.2 Å². The van der Waals surface area contributed by atoms with E-state index < -0.39 is 42.1 Å². The fourth-order valence-corrected chi connectivity index (χ4v) is 4.39. The summed E-state index contributed by atoms with van der Waals surface area (Å²) in [6.07, 6.45) is 0.338. The maximum absolute atomic E-state index is 12.2. The van der Waals surface area contributed by atoms with E-state index in [1.54, 1.807) is 0 Å².